The lowest BCUT2D eigenvalue weighted by Crippen LogP contribution is -2.39. The van der Waals surface area contributed by atoms with E-state index >= 15 is 0 Å². The summed E-state index contributed by atoms with van der Waals surface area (Å²) in [5.41, 5.74) is 2.15. The number of aliphatic hydroxyl groups is 1. The molecule has 0 bridgehead atoms. The first-order valence-corrected chi connectivity index (χ1v) is 7.98. The van der Waals surface area contributed by atoms with Gasteiger partial charge in [0.05, 0.1) is 18.1 Å². The molecule has 1 fully saturated rings. The summed E-state index contributed by atoms with van der Waals surface area (Å²) in [5.74, 6) is 0.399. The monoisotopic (exact) mass is 292 g/mol. The van der Waals surface area contributed by atoms with Crippen LogP contribution in [0.15, 0.2) is 28.4 Å². The summed E-state index contributed by atoms with van der Waals surface area (Å²) in [6.07, 6.45) is 5.48. The van der Waals surface area contributed by atoms with E-state index in [1.54, 1.807) is 23.9 Å². The van der Waals surface area contributed by atoms with E-state index < -0.39 is 0 Å². The highest BCUT2D eigenvalue weighted by molar-refractivity contribution is 7.13. The molecule has 5 heteroatoms. The zero-order valence-corrected chi connectivity index (χ0v) is 12.5. The number of aromatic nitrogens is 1. The fraction of sp³-hybridized carbons (Fsp3) is 0.533. The summed E-state index contributed by atoms with van der Waals surface area (Å²) in [6, 6.07) is 1.94. The van der Waals surface area contributed by atoms with Crippen LogP contribution in [0.25, 0.3) is 10.6 Å². The summed E-state index contributed by atoms with van der Waals surface area (Å²) >= 11 is 1.66. The number of thiazole rings is 1. The van der Waals surface area contributed by atoms with Crippen molar-refractivity contribution in [1.29, 1.82) is 0 Å². The molecule has 3 heterocycles. The van der Waals surface area contributed by atoms with E-state index in [9.17, 15) is 5.11 Å². The lowest BCUT2D eigenvalue weighted by atomic mass is 9.93. The van der Waals surface area contributed by atoms with E-state index in [-0.39, 0.29) is 6.10 Å². The van der Waals surface area contributed by atoms with Crippen LogP contribution in [0.3, 0.4) is 0 Å². The summed E-state index contributed by atoms with van der Waals surface area (Å²) in [6.45, 7) is 4.84. The van der Waals surface area contributed by atoms with Crippen LogP contribution in [0.2, 0.25) is 0 Å². The average Bonchev–Trinajstić information content (AvgIpc) is 3.09. The molecule has 0 aliphatic carbocycles. The maximum atomic E-state index is 9.74. The first kappa shape index (κ1) is 13.8. The number of hydrogen-bond acceptors (Lipinski definition) is 5. The third-order valence-corrected chi connectivity index (χ3v) is 4.87. The summed E-state index contributed by atoms with van der Waals surface area (Å²) in [5, 5.41) is 12.9. The first-order chi connectivity index (χ1) is 9.72. The van der Waals surface area contributed by atoms with Gasteiger partial charge in [-0.15, -0.1) is 11.3 Å². The maximum Gasteiger partial charge on any atom is 0.126 e. The average molecular weight is 292 g/mol. The third kappa shape index (κ3) is 3.11. The minimum atomic E-state index is -0.213. The molecule has 0 aromatic carbocycles. The lowest BCUT2D eigenvalue weighted by Gasteiger charge is -2.33. The second kappa shape index (κ2) is 6.08. The molecule has 2 aromatic rings. The molecule has 4 nitrogen and oxygen atoms in total. The van der Waals surface area contributed by atoms with Crippen molar-refractivity contribution < 1.29 is 9.52 Å². The standard InChI is InChI=1S/C15H20N2O2S/c1-11(18)12-3-2-5-17(7-12)8-14-10-20-15(16-14)13-4-6-19-9-13/h4,6,9-12,18H,2-3,5,7-8H2,1H3/t11-,12-/m1/s1. The Hall–Kier alpha value is -1.17. The van der Waals surface area contributed by atoms with Gasteiger partial charge in [-0.3, -0.25) is 4.90 Å². The van der Waals surface area contributed by atoms with Crippen molar-refractivity contribution in [1.82, 2.24) is 9.88 Å². The first-order valence-electron chi connectivity index (χ1n) is 7.10. The predicted molar refractivity (Wildman–Crippen MR) is 79.5 cm³/mol. The number of rotatable bonds is 4. The van der Waals surface area contributed by atoms with Gasteiger partial charge in [0, 0.05) is 24.0 Å². The molecule has 2 atom stereocenters. The summed E-state index contributed by atoms with van der Waals surface area (Å²) < 4.78 is 5.10. The van der Waals surface area contributed by atoms with Gasteiger partial charge in [-0.2, -0.15) is 0 Å². The Morgan fingerprint density at radius 2 is 2.50 bits per heavy atom. The van der Waals surface area contributed by atoms with Crippen LogP contribution in [0.4, 0.5) is 0 Å². The Bertz CT molecular complexity index is 536. The number of likely N-dealkylation sites (tertiary alicyclic amines) is 1. The van der Waals surface area contributed by atoms with Gasteiger partial charge >= 0.3 is 0 Å². The Labute approximate surface area is 123 Å². The fourth-order valence-corrected chi connectivity index (χ4v) is 3.55. The minimum absolute atomic E-state index is 0.213. The van der Waals surface area contributed by atoms with Crippen molar-refractivity contribution in [3.05, 3.63) is 29.7 Å². The van der Waals surface area contributed by atoms with Crippen molar-refractivity contribution in [3.63, 3.8) is 0 Å². The molecule has 0 saturated carbocycles. The van der Waals surface area contributed by atoms with Gasteiger partial charge in [-0.05, 0) is 38.3 Å². The molecular weight excluding hydrogens is 272 g/mol. The van der Waals surface area contributed by atoms with Gasteiger partial charge in [0.2, 0.25) is 0 Å². The Morgan fingerprint density at radius 3 is 3.25 bits per heavy atom. The van der Waals surface area contributed by atoms with Crippen LogP contribution in [0.1, 0.15) is 25.5 Å². The fourth-order valence-electron chi connectivity index (χ4n) is 2.76. The van der Waals surface area contributed by atoms with Gasteiger partial charge in [-0.1, -0.05) is 0 Å². The molecular formula is C15H20N2O2S. The van der Waals surface area contributed by atoms with Crippen molar-refractivity contribution in [3.8, 4) is 10.6 Å². The quantitative estimate of drug-likeness (QED) is 0.941. The smallest absolute Gasteiger partial charge is 0.126 e. The molecule has 0 amide bonds. The molecule has 0 unspecified atom stereocenters. The van der Waals surface area contributed by atoms with Crippen molar-refractivity contribution in [2.24, 2.45) is 5.92 Å². The Balaban J connectivity index is 1.63. The zero-order chi connectivity index (χ0) is 13.9. The predicted octanol–water partition coefficient (Wildman–Crippen LogP) is 3.00. The maximum absolute atomic E-state index is 9.74. The molecule has 108 valence electrons. The minimum Gasteiger partial charge on any atom is -0.472 e. The second-order valence-corrected chi connectivity index (χ2v) is 6.39. The molecule has 3 rings (SSSR count). The van der Waals surface area contributed by atoms with Crippen LogP contribution < -0.4 is 0 Å². The molecule has 20 heavy (non-hydrogen) atoms. The normalized spacial score (nSPS) is 22.0. The van der Waals surface area contributed by atoms with Crippen LogP contribution in [-0.2, 0) is 6.54 Å². The SMILES string of the molecule is C[C@@H](O)[C@@H]1CCCN(Cc2csc(-c3ccoc3)n2)C1. The van der Waals surface area contributed by atoms with E-state index in [0.717, 1.165) is 48.7 Å². The zero-order valence-electron chi connectivity index (χ0n) is 11.7. The Kier molecular flexibility index (Phi) is 4.19. The molecule has 1 aliphatic rings. The van der Waals surface area contributed by atoms with Gasteiger partial charge in [-0.25, -0.2) is 4.98 Å². The van der Waals surface area contributed by atoms with Gasteiger partial charge in [0.25, 0.3) is 0 Å². The van der Waals surface area contributed by atoms with Crippen LogP contribution in [-0.4, -0.2) is 34.2 Å². The summed E-state index contributed by atoms with van der Waals surface area (Å²) in [4.78, 5) is 7.07. The van der Waals surface area contributed by atoms with Crippen molar-refractivity contribution >= 4 is 11.3 Å². The van der Waals surface area contributed by atoms with E-state index in [1.165, 1.54) is 0 Å². The second-order valence-electron chi connectivity index (χ2n) is 5.53. The largest absolute Gasteiger partial charge is 0.472 e. The van der Waals surface area contributed by atoms with Crippen molar-refractivity contribution in [2.75, 3.05) is 13.1 Å². The van der Waals surface area contributed by atoms with Gasteiger partial charge < -0.3 is 9.52 Å². The molecule has 0 radical (unpaired) electrons. The summed E-state index contributed by atoms with van der Waals surface area (Å²) in [7, 11) is 0. The van der Waals surface area contributed by atoms with E-state index in [0.29, 0.717) is 5.92 Å². The number of furan rings is 1. The Morgan fingerprint density at radius 1 is 1.60 bits per heavy atom. The number of piperidine rings is 1. The van der Waals surface area contributed by atoms with Crippen LogP contribution >= 0.6 is 11.3 Å². The third-order valence-electron chi connectivity index (χ3n) is 3.93. The molecule has 0 spiro atoms. The number of nitrogens with zero attached hydrogens (tertiary/aromatic N) is 2. The van der Waals surface area contributed by atoms with Crippen molar-refractivity contribution in [2.45, 2.75) is 32.4 Å². The number of hydrogen-bond donors (Lipinski definition) is 1. The molecule has 1 saturated heterocycles. The van der Waals surface area contributed by atoms with Gasteiger partial charge in [0.1, 0.15) is 11.3 Å². The van der Waals surface area contributed by atoms with E-state index in [1.807, 2.05) is 13.0 Å². The van der Waals surface area contributed by atoms with Crippen LogP contribution in [0.5, 0.6) is 0 Å². The molecule has 1 aliphatic heterocycles. The topological polar surface area (TPSA) is 49.5 Å². The molecule has 1 N–H and O–H groups in total. The van der Waals surface area contributed by atoms with Crippen LogP contribution in [0, 0.1) is 5.92 Å². The highest BCUT2D eigenvalue weighted by Gasteiger charge is 2.23. The van der Waals surface area contributed by atoms with E-state index in [4.69, 9.17) is 4.42 Å². The highest BCUT2D eigenvalue weighted by Crippen LogP contribution is 2.26. The van der Waals surface area contributed by atoms with Gasteiger partial charge in [0.15, 0.2) is 0 Å². The van der Waals surface area contributed by atoms with E-state index in [2.05, 4.69) is 15.3 Å². The highest BCUT2D eigenvalue weighted by atomic mass is 32.1. The lowest BCUT2D eigenvalue weighted by molar-refractivity contribution is 0.0595. The number of aliphatic hydroxyl groups excluding tert-OH is 1. The molecule has 2 aromatic heterocycles.